The Bertz CT molecular complexity index is 1030. The highest BCUT2D eigenvalue weighted by Crippen LogP contribution is 2.42. The average molecular weight is 411 g/mol. The summed E-state index contributed by atoms with van der Waals surface area (Å²) in [4.78, 5) is 25.9. The van der Waals surface area contributed by atoms with Gasteiger partial charge < -0.3 is 20.1 Å². The van der Waals surface area contributed by atoms with Crippen LogP contribution in [-0.2, 0) is 0 Å². The molecule has 8 nitrogen and oxygen atoms in total. The van der Waals surface area contributed by atoms with E-state index in [1.54, 1.807) is 12.1 Å². The van der Waals surface area contributed by atoms with Crippen molar-refractivity contribution in [2.75, 3.05) is 50.4 Å². The van der Waals surface area contributed by atoms with E-state index < -0.39 is 22.8 Å². The first-order valence-electron chi connectivity index (χ1n) is 8.86. The molecule has 3 heterocycles. The van der Waals surface area contributed by atoms with E-state index in [-0.39, 0.29) is 34.8 Å². The van der Waals surface area contributed by atoms with Gasteiger partial charge in [0, 0.05) is 38.8 Å². The van der Waals surface area contributed by atoms with E-state index in [9.17, 15) is 14.7 Å². The van der Waals surface area contributed by atoms with E-state index in [0.717, 1.165) is 6.07 Å². The number of nitrogens with one attached hydrogen (secondary N) is 1. The van der Waals surface area contributed by atoms with Gasteiger partial charge in [0.05, 0.1) is 10.8 Å². The van der Waals surface area contributed by atoms with E-state index in [1.807, 2.05) is 11.9 Å². The summed E-state index contributed by atoms with van der Waals surface area (Å²) < 4.78 is 22.5. The summed E-state index contributed by atoms with van der Waals surface area (Å²) in [5.74, 6) is -1.62. The highest BCUT2D eigenvalue weighted by atomic mass is 35.5. The summed E-state index contributed by atoms with van der Waals surface area (Å²) in [7, 11) is 3.53. The van der Waals surface area contributed by atoms with E-state index in [4.69, 9.17) is 16.3 Å². The number of hydrogen-bond donors (Lipinski definition) is 2. The van der Waals surface area contributed by atoms with Crippen molar-refractivity contribution in [2.45, 2.75) is 5.38 Å². The van der Waals surface area contributed by atoms with E-state index in [2.05, 4.69) is 5.32 Å². The topological polar surface area (TPSA) is 87.0 Å². The molecule has 150 valence electrons. The number of alkyl halides is 1. The number of halogens is 2. The van der Waals surface area contributed by atoms with Crippen molar-refractivity contribution in [1.82, 2.24) is 9.99 Å². The second kappa shape index (κ2) is 6.82. The second-order valence-corrected chi connectivity index (χ2v) is 7.68. The number of carboxylic acids is 1. The number of carboxylic acid groups (broad SMARTS) is 1. The van der Waals surface area contributed by atoms with Crippen LogP contribution in [0.5, 0.6) is 5.75 Å². The molecule has 1 aromatic heterocycles. The molecular weight excluding hydrogens is 391 g/mol. The van der Waals surface area contributed by atoms with Crippen molar-refractivity contribution in [3.05, 3.63) is 33.9 Å². The Balaban J connectivity index is 1.94. The number of aromatic nitrogens is 1. The molecule has 10 heteroatoms. The van der Waals surface area contributed by atoms with Crippen LogP contribution >= 0.6 is 11.6 Å². The molecule has 2 aromatic rings. The minimum absolute atomic E-state index is 0.0314. The molecule has 2 aliphatic heterocycles. The first-order valence-corrected chi connectivity index (χ1v) is 9.30. The second-order valence-electron chi connectivity index (χ2n) is 7.12. The molecule has 1 aromatic carbocycles. The van der Waals surface area contributed by atoms with Crippen LogP contribution in [0.3, 0.4) is 0 Å². The fraction of sp³-hybridized carbons (Fsp3) is 0.444. The summed E-state index contributed by atoms with van der Waals surface area (Å²) in [6.07, 6.45) is 1.25. The molecular formula is C18H20ClFN4O4. The van der Waals surface area contributed by atoms with Gasteiger partial charge in [0.1, 0.15) is 16.8 Å². The average Bonchev–Trinajstić information content (AvgIpc) is 2.99. The van der Waals surface area contributed by atoms with E-state index >= 15 is 4.39 Å². The minimum Gasteiger partial charge on any atom is -0.477 e. The number of ether oxygens (including phenoxy) is 1. The molecule has 1 saturated heterocycles. The van der Waals surface area contributed by atoms with Gasteiger partial charge in [-0.1, -0.05) is 0 Å². The molecule has 2 N–H and O–H groups in total. The predicted octanol–water partition coefficient (Wildman–Crippen LogP) is 1.02. The maximum absolute atomic E-state index is 15.1. The SMILES string of the molecule is CNCC1CN(c2c(F)cc3c(=O)c(C(=O)O)cn4c3c2OCN4C)CC1Cl. The van der Waals surface area contributed by atoms with Gasteiger partial charge in [-0.3, -0.25) is 14.5 Å². The van der Waals surface area contributed by atoms with Crippen LogP contribution in [-0.4, -0.2) is 61.6 Å². The summed E-state index contributed by atoms with van der Waals surface area (Å²) in [5.41, 5.74) is -0.561. The molecule has 1 fully saturated rings. The smallest absolute Gasteiger partial charge is 0.341 e. The molecule has 0 radical (unpaired) electrons. The third kappa shape index (κ3) is 2.77. The Hall–Kier alpha value is -2.52. The zero-order valence-electron chi connectivity index (χ0n) is 15.4. The molecule has 4 rings (SSSR count). The van der Waals surface area contributed by atoms with Gasteiger partial charge in [-0.2, -0.15) is 0 Å². The van der Waals surface area contributed by atoms with Crippen LogP contribution in [0.15, 0.2) is 17.1 Å². The van der Waals surface area contributed by atoms with Crippen LogP contribution in [0.4, 0.5) is 10.1 Å². The first-order chi connectivity index (χ1) is 13.3. The third-order valence-electron chi connectivity index (χ3n) is 5.29. The Morgan fingerprint density at radius 2 is 2.21 bits per heavy atom. The highest BCUT2D eigenvalue weighted by molar-refractivity contribution is 6.21. The molecule has 28 heavy (non-hydrogen) atoms. The highest BCUT2D eigenvalue weighted by Gasteiger charge is 2.36. The van der Waals surface area contributed by atoms with Gasteiger partial charge in [-0.25, -0.2) is 9.18 Å². The van der Waals surface area contributed by atoms with Gasteiger partial charge in [0.25, 0.3) is 0 Å². The maximum atomic E-state index is 15.1. The van der Waals surface area contributed by atoms with Gasteiger partial charge in [0.2, 0.25) is 5.43 Å². The van der Waals surface area contributed by atoms with Gasteiger partial charge in [0.15, 0.2) is 18.3 Å². The van der Waals surface area contributed by atoms with Crippen LogP contribution < -0.4 is 25.4 Å². The molecule has 2 unspecified atom stereocenters. The van der Waals surface area contributed by atoms with E-state index in [1.165, 1.54) is 10.9 Å². The number of hydrogen-bond acceptors (Lipinski definition) is 6. The zero-order chi connectivity index (χ0) is 20.2. The lowest BCUT2D eigenvalue weighted by Gasteiger charge is -2.33. The number of benzene rings is 1. The molecule has 0 amide bonds. The molecule has 0 aliphatic carbocycles. The van der Waals surface area contributed by atoms with Crippen molar-refractivity contribution in [3.63, 3.8) is 0 Å². The molecule has 2 aliphatic rings. The van der Waals surface area contributed by atoms with Gasteiger partial charge in [-0.05, 0) is 13.1 Å². The molecule has 2 atom stereocenters. The van der Waals surface area contributed by atoms with Crippen LogP contribution in [0.2, 0.25) is 0 Å². The minimum atomic E-state index is -1.36. The summed E-state index contributed by atoms with van der Waals surface area (Å²) in [5, 5.41) is 13.9. The van der Waals surface area contributed by atoms with Crippen LogP contribution in [0.25, 0.3) is 10.9 Å². The lowest BCUT2D eigenvalue weighted by atomic mass is 10.1. The third-order valence-corrected chi connectivity index (χ3v) is 5.78. The lowest BCUT2D eigenvalue weighted by Crippen LogP contribution is -2.40. The summed E-state index contributed by atoms with van der Waals surface area (Å²) >= 11 is 6.44. The van der Waals surface area contributed by atoms with Gasteiger partial charge >= 0.3 is 5.97 Å². The Morgan fingerprint density at radius 1 is 1.46 bits per heavy atom. The van der Waals surface area contributed by atoms with Crippen LogP contribution in [0, 0.1) is 11.7 Å². The zero-order valence-corrected chi connectivity index (χ0v) is 16.2. The normalized spacial score (nSPS) is 21.3. The van der Waals surface area contributed by atoms with Crippen molar-refractivity contribution in [2.24, 2.45) is 5.92 Å². The standard InChI is InChI=1S/C18H20ClFN4O4/c1-21-4-9-5-23(7-12(9)19)15-13(20)3-10-14-17(15)28-8-22(2)24(14)6-11(16(10)25)18(26)27/h3,6,9,12,21H,4-5,7-8H2,1-2H3,(H,26,27). The largest absolute Gasteiger partial charge is 0.477 e. The van der Waals surface area contributed by atoms with Crippen molar-refractivity contribution < 1.29 is 19.0 Å². The number of rotatable bonds is 4. The molecule has 0 spiro atoms. The quantitative estimate of drug-likeness (QED) is 0.728. The fourth-order valence-corrected chi connectivity index (χ4v) is 4.27. The van der Waals surface area contributed by atoms with Crippen molar-refractivity contribution >= 4 is 34.2 Å². The number of aromatic carboxylic acids is 1. The first kappa shape index (κ1) is 18.8. The van der Waals surface area contributed by atoms with Gasteiger partial charge in [-0.15, -0.1) is 11.6 Å². The van der Waals surface area contributed by atoms with Crippen LogP contribution in [0.1, 0.15) is 10.4 Å². The molecule has 0 bridgehead atoms. The van der Waals surface area contributed by atoms with E-state index in [0.29, 0.717) is 25.2 Å². The Labute approximate surface area is 165 Å². The monoisotopic (exact) mass is 410 g/mol. The Kier molecular flexibility index (Phi) is 4.59. The van der Waals surface area contributed by atoms with Crippen molar-refractivity contribution in [3.8, 4) is 5.75 Å². The van der Waals surface area contributed by atoms with Crippen molar-refractivity contribution in [1.29, 1.82) is 0 Å². The summed E-state index contributed by atoms with van der Waals surface area (Å²) in [6.45, 7) is 1.77. The lowest BCUT2D eigenvalue weighted by molar-refractivity contribution is 0.0694. The maximum Gasteiger partial charge on any atom is 0.341 e. The predicted molar refractivity (Wildman–Crippen MR) is 104 cm³/mol. The summed E-state index contributed by atoms with van der Waals surface area (Å²) in [6, 6.07) is 1.09. The Morgan fingerprint density at radius 3 is 2.89 bits per heavy atom. The number of nitrogens with zero attached hydrogens (tertiary/aromatic N) is 3. The fourth-order valence-electron chi connectivity index (χ4n) is 3.94. The number of carbonyl (C=O) groups is 1. The molecule has 0 saturated carbocycles. The number of anilines is 1. The number of pyridine rings is 1.